The number of aliphatic hydroxyl groups is 2. The number of unbranched alkanes of at least 4 members (excludes halogenated alkanes) is 1. The average Bonchev–Trinajstić information content (AvgIpc) is 3.24. The lowest BCUT2D eigenvalue weighted by molar-refractivity contribution is -0.0571. The summed E-state index contributed by atoms with van der Waals surface area (Å²) in [6, 6.07) is 15.1. The topological polar surface area (TPSA) is 99.3 Å². The third-order valence-electron chi connectivity index (χ3n) is 7.68. The van der Waals surface area contributed by atoms with E-state index in [4.69, 9.17) is 22.1 Å². The Morgan fingerprint density at radius 2 is 1.86 bits per heavy atom. The number of β-amino-alcohol motifs (C(OH)–C–C–N with tert-alkyl or cyclic N) is 1. The fraction of sp³-hybridized carbons (Fsp3) is 0.536. The van der Waals surface area contributed by atoms with Crippen LogP contribution in [0.15, 0.2) is 48.5 Å². The second kappa shape index (κ2) is 11.9. The SMILES string of the molecule is COCCCCC(O)(c1ccccc1-c1ccc(Cl)cc1)C1CCCN(C(=O)N2CC(N)C(O)C2)C1. The molecule has 36 heavy (non-hydrogen) atoms. The van der Waals surface area contributed by atoms with Gasteiger partial charge >= 0.3 is 6.03 Å². The van der Waals surface area contributed by atoms with E-state index in [1.54, 1.807) is 12.0 Å². The number of halogens is 1. The fourth-order valence-electron chi connectivity index (χ4n) is 5.65. The minimum absolute atomic E-state index is 0.112. The van der Waals surface area contributed by atoms with Crippen molar-refractivity contribution >= 4 is 17.6 Å². The van der Waals surface area contributed by atoms with E-state index in [-0.39, 0.29) is 18.5 Å². The first kappa shape index (κ1) is 26.9. The number of nitrogens with two attached hydrogens (primary N) is 1. The molecule has 4 N–H and O–H groups in total. The van der Waals surface area contributed by atoms with Crippen LogP contribution in [-0.2, 0) is 10.3 Å². The predicted molar refractivity (Wildman–Crippen MR) is 142 cm³/mol. The highest BCUT2D eigenvalue weighted by atomic mass is 35.5. The van der Waals surface area contributed by atoms with Gasteiger partial charge in [-0.2, -0.15) is 0 Å². The molecule has 2 aromatic carbocycles. The van der Waals surface area contributed by atoms with E-state index in [1.807, 2.05) is 53.4 Å². The molecule has 7 nitrogen and oxygen atoms in total. The maximum atomic E-state index is 13.3. The number of carbonyl (C=O) groups excluding carboxylic acids is 1. The van der Waals surface area contributed by atoms with E-state index in [1.165, 1.54) is 0 Å². The van der Waals surface area contributed by atoms with Crippen LogP contribution in [0.25, 0.3) is 11.1 Å². The van der Waals surface area contributed by atoms with Crippen molar-refractivity contribution in [3.63, 3.8) is 0 Å². The lowest BCUT2D eigenvalue weighted by atomic mass is 9.72. The van der Waals surface area contributed by atoms with Crippen molar-refractivity contribution in [3.05, 3.63) is 59.1 Å². The summed E-state index contributed by atoms with van der Waals surface area (Å²) in [4.78, 5) is 16.8. The van der Waals surface area contributed by atoms with Crippen LogP contribution in [0.4, 0.5) is 4.79 Å². The van der Waals surface area contributed by atoms with Crippen LogP contribution in [0.3, 0.4) is 0 Å². The van der Waals surface area contributed by atoms with Gasteiger partial charge in [-0.1, -0.05) is 48.0 Å². The Balaban J connectivity index is 1.63. The van der Waals surface area contributed by atoms with E-state index >= 15 is 0 Å². The third kappa shape index (κ3) is 5.87. The summed E-state index contributed by atoms with van der Waals surface area (Å²) in [5.41, 5.74) is 7.67. The summed E-state index contributed by atoms with van der Waals surface area (Å²) >= 11 is 6.14. The minimum atomic E-state index is -1.12. The molecule has 2 heterocycles. The Morgan fingerprint density at radius 1 is 1.11 bits per heavy atom. The van der Waals surface area contributed by atoms with Crippen LogP contribution >= 0.6 is 11.6 Å². The molecule has 2 fully saturated rings. The molecule has 196 valence electrons. The zero-order chi connectivity index (χ0) is 25.7. The number of hydrogen-bond donors (Lipinski definition) is 3. The molecule has 2 amide bonds. The number of urea groups is 1. The average molecular weight is 516 g/mol. The standard InChI is InChI=1S/C28H38ClN3O4/c1-36-16-5-4-14-28(35,24-9-3-2-8-23(24)20-10-12-22(29)13-11-20)21-7-6-15-31(17-21)27(34)32-18-25(30)26(33)19-32/h2-3,8-13,21,25-26,33,35H,4-7,14-19,30H2,1H3. The highest BCUT2D eigenvalue weighted by Gasteiger charge is 2.43. The Morgan fingerprint density at radius 3 is 2.56 bits per heavy atom. The van der Waals surface area contributed by atoms with Gasteiger partial charge in [-0.3, -0.25) is 0 Å². The van der Waals surface area contributed by atoms with E-state index in [9.17, 15) is 15.0 Å². The van der Waals surface area contributed by atoms with Gasteiger partial charge in [0.25, 0.3) is 0 Å². The number of amides is 2. The van der Waals surface area contributed by atoms with Crippen molar-refractivity contribution in [2.75, 3.05) is 39.9 Å². The van der Waals surface area contributed by atoms with E-state index in [0.717, 1.165) is 42.4 Å². The van der Waals surface area contributed by atoms with Crippen LogP contribution < -0.4 is 5.73 Å². The van der Waals surface area contributed by atoms with E-state index in [0.29, 0.717) is 37.7 Å². The fourth-order valence-corrected chi connectivity index (χ4v) is 5.78. The number of nitrogens with zero attached hydrogens (tertiary/aromatic N) is 2. The molecular formula is C28H38ClN3O4. The molecule has 2 aliphatic heterocycles. The molecule has 2 saturated heterocycles. The number of hydrogen-bond acceptors (Lipinski definition) is 5. The summed E-state index contributed by atoms with van der Waals surface area (Å²) in [5.74, 6) is -0.132. The number of rotatable bonds is 8. The Bertz CT molecular complexity index is 1010. The second-order valence-electron chi connectivity index (χ2n) is 10.1. The Hall–Kier alpha value is -2.16. The van der Waals surface area contributed by atoms with Gasteiger partial charge in [0.15, 0.2) is 0 Å². The number of aliphatic hydroxyl groups excluding tert-OH is 1. The largest absolute Gasteiger partial charge is 0.390 e. The normalized spacial score (nSPS) is 24.1. The number of carbonyl (C=O) groups is 1. The van der Waals surface area contributed by atoms with Crippen molar-refractivity contribution < 1.29 is 19.7 Å². The highest BCUT2D eigenvalue weighted by molar-refractivity contribution is 6.30. The van der Waals surface area contributed by atoms with Crippen LogP contribution in [0.5, 0.6) is 0 Å². The summed E-state index contributed by atoms with van der Waals surface area (Å²) in [6.07, 6.45) is 3.15. The van der Waals surface area contributed by atoms with Crippen LogP contribution in [0, 0.1) is 5.92 Å². The van der Waals surface area contributed by atoms with Crippen molar-refractivity contribution in [3.8, 4) is 11.1 Å². The van der Waals surface area contributed by atoms with Gasteiger partial charge in [0.05, 0.1) is 11.7 Å². The molecule has 0 saturated carbocycles. The van der Waals surface area contributed by atoms with Crippen molar-refractivity contribution in [2.45, 2.75) is 49.9 Å². The second-order valence-corrected chi connectivity index (χ2v) is 10.6. The zero-order valence-corrected chi connectivity index (χ0v) is 21.7. The first-order valence-electron chi connectivity index (χ1n) is 12.9. The number of ether oxygens (including phenoxy) is 1. The van der Waals surface area contributed by atoms with Gasteiger partial charge in [-0.15, -0.1) is 0 Å². The molecule has 0 aromatic heterocycles. The van der Waals surface area contributed by atoms with Crippen LogP contribution in [0.1, 0.15) is 37.7 Å². The summed E-state index contributed by atoms with van der Waals surface area (Å²) in [6.45, 7) is 2.33. The lowest BCUT2D eigenvalue weighted by Gasteiger charge is -2.44. The van der Waals surface area contributed by atoms with Crippen molar-refractivity contribution in [1.82, 2.24) is 9.80 Å². The predicted octanol–water partition coefficient (Wildman–Crippen LogP) is 3.85. The van der Waals surface area contributed by atoms with Crippen LogP contribution in [-0.4, -0.2) is 78.1 Å². The van der Waals surface area contributed by atoms with Gasteiger partial charge in [0.2, 0.25) is 0 Å². The van der Waals surface area contributed by atoms with Crippen molar-refractivity contribution in [1.29, 1.82) is 0 Å². The molecule has 2 aromatic rings. The third-order valence-corrected chi connectivity index (χ3v) is 7.93. The highest BCUT2D eigenvalue weighted by Crippen LogP contribution is 2.44. The van der Waals surface area contributed by atoms with Crippen LogP contribution in [0.2, 0.25) is 5.02 Å². The summed E-state index contributed by atoms with van der Waals surface area (Å²) < 4.78 is 5.25. The molecule has 4 atom stereocenters. The van der Waals surface area contributed by atoms with Gasteiger partial charge in [-0.05, 0) is 60.9 Å². The quantitative estimate of drug-likeness (QED) is 0.464. The molecule has 0 aliphatic carbocycles. The Labute approximate surface area is 218 Å². The molecule has 0 radical (unpaired) electrons. The summed E-state index contributed by atoms with van der Waals surface area (Å²) in [7, 11) is 1.69. The lowest BCUT2D eigenvalue weighted by Crippen LogP contribution is -2.52. The maximum Gasteiger partial charge on any atom is 0.320 e. The number of piperidine rings is 1. The molecule has 0 bridgehead atoms. The Kier molecular flexibility index (Phi) is 8.91. The van der Waals surface area contributed by atoms with Gasteiger partial charge in [-0.25, -0.2) is 4.79 Å². The van der Waals surface area contributed by atoms with E-state index < -0.39 is 17.7 Å². The van der Waals surface area contributed by atoms with E-state index in [2.05, 4.69) is 0 Å². The first-order chi connectivity index (χ1) is 17.3. The summed E-state index contributed by atoms with van der Waals surface area (Å²) in [5, 5.41) is 23.2. The first-order valence-corrected chi connectivity index (χ1v) is 13.3. The van der Waals surface area contributed by atoms with Gasteiger partial charge < -0.3 is 30.5 Å². The smallest absolute Gasteiger partial charge is 0.320 e. The maximum absolute atomic E-state index is 13.3. The zero-order valence-electron chi connectivity index (χ0n) is 21.0. The monoisotopic (exact) mass is 515 g/mol. The molecule has 4 rings (SSSR count). The van der Waals surface area contributed by atoms with Crippen molar-refractivity contribution in [2.24, 2.45) is 11.7 Å². The molecule has 2 aliphatic rings. The molecule has 8 heteroatoms. The number of benzene rings is 2. The number of likely N-dealkylation sites (tertiary alicyclic amines) is 2. The van der Waals surface area contributed by atoms with Gasteiger partial charge in [0.1, 0.15) is 0 Å². The van der Waals surface area contributed by atoms with Gasteiger partial charge in [0, 0.05) is 56.9 Å². The molecular weight excluding hydrogens is 478 g/mol. The number of methoxy groups -OCH3 is 1. The molecule has 4 unspecified atom stereocenters. The molecule has 0 spiro atoms. The minimum Gasteiger partial charge on any atom is -0.390 e.